The molecule has 0 radical (unpaired) electrons. The minimum Gasteiger partial charge on any atom is -0.317 e. The number of hydrogen-bond donors (Lipinski definition) is 0. The zero-order chi connectivity index (χ0) is 22.4. The Kier molecular flexibility index (Phi) is 5.01. The minimum absolute atomic E-state index is 0.127. The van der Waals surface area contributed by atoms with Gasteiger partial charge in [0.05, 0.1) is 18.6 Å². The van der Waals surface area contributed by atoms with Gasteiger partial charge in [-0.1, -0.05) is 11.6 Å². The Labute approximate surface area is 186 Å². The van der Waals surface area contributed by atoms with Crippen molar-refractivity contribution in [1.82, 2.24) is 18.7 Å². The van der Waals surface area contributed by atoms with E-state index in [1.54, 1.807) is 24.3 Å². The normalized spacial score (nSPS) is 13.6. The molecule has 7 nitrogen and oxygen atoms in total. The molecule has 0 unspecified atom stereocenters. The highest BCUT2D eigenvalue weighted by Gasteiger charge is 2.26. The third-order valence-corrected chi connectivity index (χ3v) is 5.85. The number of rotatable bonds is 6. The third kappa shape index (κ3) is 3.67. The van der Waals surface area contributed by atoms with Crippen LogP contribution in [0.1, 0.15) is 23.2 Å². The zero-order valence-corrected chi connectivity index (χ0v) is 17.6. The lowest BCUT2D eigenvalue weighted by Crippen LogP contribution is -2.40. The Bertz CT molecular complexity index is 1450. The number of ketones is 1. The average molecular weight is 453 g/mol. The van der Waals surface area contributed by atoms with Crippen molar-refractivity contribution < 1.29 is 9.18 Å². The van der Waals surface area contributed by atoms with Crippen molar-refractivity contribution in [3.05, 3.63) is 92.1 Å². The van der Waals surface area contributed by atoms with E-state index in [-0.39, 0.29) is 29.4 Å². The number of halogens is 2. The molecule has 0 spiro atoms. The van der Waals surface area contributed by atoms with E-state index in [4.69, 9.17) is 11.6 Å². The summed E-state index contributed by atoms with van der Waals surface area (Å²) >= 11 is 5.90. The van der Waals surface area contributed by atoms with Crippen LogP contribution < -0.4 is 11.2 Å². The fraction of sp³-hybridized carbons (Fsp3) is 0.217. The summed E-state index contributed by atoms with van der Waals surface area (Å²) in [6, 6.07) is 11.9. The highest BCUT2D eigenvalue weighted by Crippen LogP contribution is 2.30. The average Bonchev–Trinajstić information content (AvgIpc) is 3.51. The van der Waals surface area contributed by atoms with Crippen LogP contribution in [0.2, 0.25) is 5.02 Å². The minimum atomic E-state index is -0.532. The van der Waals surface area contributed by atoms with Gasteiger partial charge in [0, 0.05) is 17.1 Å². The molecule has 1 fully saturated rings. The van der Waals surface area contributed by atoms with Gasteiger partial charge in [0.15, 0.2) is 16.9 Å². The Morgan fingerprint density at radius 3 is 2.41 bits per heavy atom. The van der Waals surface area contributed by atoms with E-state index < -0.39 is 17.1 Å². The van der Waals surface area contributed by atoms with Crippen LogP contribution in [-0.2, 0) is 13.1 Å². The fourth-order valence-corrected chi connectivity index (χ4v) is 3.85. The van der Waals surface area contributed by atoms with E-state index in [2.05, 4.69) is 4.98 Å². The van der Waals surface area contributed by atoms with Crippen molar-refractivity contribution in [1.29, 1.82) is 0 Å². The molecule has 32 heavy (non-hydrogen) atoms. The number of fused-ring (bicyclic) bond motifs is 1. The first-order valence-corrected chi connectivity index (χ1v) is 10.6. The molecule has 0 amide bonds. The first kappa shape index (κ1) is 20.4. The van der Waals surface area contributed by atoms with Gasteiger partial charge in [-0.05, 0) is 67.3 Å². The van der Waals surface area contributed by atoms with Gasteiger partial charge in [-0.2, -0.15) is 0 Å². The summed E-state index contributed by atoms with van der Waals surface area (Å²) in [5.74, 6) is -0.399. The third-order valence-electron chi connectivity index (χ3n) is 5.60. The van der Waals surface area contributed by atoms with Crippen molar-refractivity contribution in [3.8, 4) is 5.69 Å². The van der Waals surface area contributed by atoms with Gasteiger partial charge in [0.25, 0.3) is 5.56 Å². The van der Waals surface area contributed by atoms with Gasteiger partial charge in [-0.15, -0.1) is 0 Å². The summed E-state index contributed by atoms with van der Waals surface area (Å²) in [6.07, 6.45) is 3.28. The number of carbonyl (C=O) groups excluding carboxylic acids is 1. The molecule has 2 aromatic heterocycles. The number of aromatic nitrogens is 4. The lowest BCUT2D eigenvalue weighted by molar-refractivity contribution is 0.0973. The molecule has 1 aliphatic rings. The predicted molar refractivity (Wildman–Crippen MR) is 118 cm³/mol. The van der Waals surface area contributed by atoms with Crippen molar-refractivity contribution in [3.63, 3.8) is 0 Å². The molecule has 0 atom stereocenters. The maximum atomic E-state index is 13.5. The monoisotopic (exact) mass is 452 g/mol. The van der Waals surface area contributed by atoms with Crippen molar-refractivity contribution in [2.75, 3.05) is 0 Å². The van der Waals surface area contributed by atoms with E-state index in [1.165, 1.54) is 44.3 Å². The molecule has 4 aromatic rings. The Morgan fingerprint density at radius 1 is 1.06 bits per heavy atom. The number of Topliss-reactive ketones (excluding diaryl/α,β-unsaturated/α-hetero) is 1. The first-order chi connectivity index (χ1) is 15.4. The van der Waals surface area contributed by atoms with Crippen LogP contribution in [0.15, 0.2) is 64.4 Å². The predicted octanol–water partition coefficient (Wildman–Crippen LogP) is 3.43. The lowest BCUT2D eigenvalue weighted by Gasteiger charge is -2.12. The molecule has 0 aliphatic heterocycles. The van der Waals surface area contributed by atoms with Gasteiger partial charge < -0.3 is 4.57 Å². The second kappa shape index (κ2) is 7.87. The van der Waals surface area contributed by atoms with Crippen molar-refractivity contribution in [2.24, 2.45) is 5.92 Å². The summed E-state index contributed by atoms with van der Waals surface area (Å²) in [5, 5.41) is 0.515. The largest absolute Gasteiger partial charge is 0.337 e. The molecule has 1 aliphatic carbocycles. The molecule has 162 valence electrons. The molecular weight excluding hydrogens is 435 g/mol. The number of imidazole rings is 1. The van der Waals surface area contributed by atoms with Crippen molar-refractivity contribution in [2.45, 2.75) is 25.9 Å². The summed E-state index contributed by atoms with van der Waals surface area (Å²) < 4.78 is 17.4. The maximum absolute atomic E-state index is 13.5. The first-order valence-electron chi connectivity index (χ1n) is 10.2. The Balaban J connectivity index is 1.67. The molecule has 9 heteroatoms. The van der Waals surface area contributed by atoms with Crippen LogP contribution in [0.5, 0.6) is 0 Å². The fourth-order valence-electron chi connectivity index (χ4n) is 3.72. The lowest BCUT2D eigenvalue weighted by atomic mass is 10.1. The van der Waals surface area contributed by atoms with E-state index in [0.717, 1.165) is 12.8 Å². The Hall–Kier alpha value is -3.52. The van der Waals surface area contributed by atoms with Crippen LogP contribution in [0.3, 0.4) is 0 Å². The second-order valence-corrected chi connectivity index (χ2v) is 8.36. The quantitative estimate of drug-likeness (QED) is 0.420. The van der Waals surface area contributed by atoms with Crippen molar-refractivity contribution >= 4 is 28.5 Å². The number of nitrogens with zero attached hydrogens (tertiary/aromatic N) is 4. The van der Waals surface area contributed by atoms with E-state index >= 15 is 0 Å². The van der Waals surface area contributed by atoms with Crippen LogP contribution >= 0.6 is 11.6 Å². The van der Waals surface area contributed by atoms with Crippen LogP contribution in [0, 0.1) is 11.7 Å². The van der Waals surface area contributed by atoms with Gasteiger partial charge >= 0.3 is 5.69 Å². The second-order valence-electron chi connectivity index (χ2n) is 7.93. The molecular formula is C23H18ClFN4O3. The topological polar surface area (TPSA) is 78.9 Å². The van der Waals surface area contributed by atoms with Crippen LogP contribution in [0.4, 0.5) is 4.39 Å². The van der Waals surface area contributed by atoms with Crippen LogP contribution in [0.25, 0.3) is 16.9 Å². The smallest absolute Gasteiger partial charge is 0.317 e. The molecule has 0 bridgehead atoms. The van der Waals surface area contributed by atoms with Gasteiger partial charge in [0.2, 0.25) is 0 Å². The van der Waals surface area contributed by atoms with E-state index in [1.807, 2.05) is 0 Å². The number of carbonyl (C=O) groups is 1. The number of hydrogen-bond acceptors (Lipinski definition) is 4. The molecule has 2 aromatic carbocycles. The summed E-state index contributed by atoms with van der Waals surface area (Å²) in [5.41, 5.74) is 0.0908. The van der Waals surface area contributed by atoms with Crippen LogP contribution in [-0.4, -0.2) is 24.5 Å². The van der Waals surface area contributed by atoms with Gasteiger partial charge in [0.1, 0.15) is 5.82 Å². The van der Waals surface area contributed by atoms with E-state index in [9.17, 15) is 18.8 Å². The molecule has 5 rings (SSSR count). The SMILES string of the molecule is O=C(Cn1cnc2c1c(=O)n(CC1CC1)c(=O)n2-c1ccc(F)cc1)c1ccc(Cl)cc1. The highest BCUT2D eigenvalue weighted by molar-refractivity contribution is 6.30. The standard InChI is InChI=1S/C23H18ClFN4O3/c24-16-5-3-15(4-6-16)19(30)12-27-13-26-21-20(27)22(31)28(11-14-1-2-14)23(32)29(21)18-9-7-17(25)8-10-18/h3-10,13-14H,1-2,11-12H2. The summed E-state index contributed by atoms with van der Waals surface area (Å²) in [7, 11) is 0. The molecule has 2 heterocycles. The van der Waals surface area contributed by atoms with E-state index in [0.29, 0.717) is 22.8 Å². The molecule has 0 N–H and O–H groups in total. The number of benzene rings is 2. The van der Waals surface area contributed by atoms with Gasteiger partial charge in [-0.25, -0.2) is 18.7 Å². The maximum Gasteiger partial charge on any atom is 0.337 e. The summed E-state index contributed by atoms with van der Waals surface area (Å²) in [4.78, 5) is 43.6. The highest BCUT2D eigenvalue weighted by atomic mass is 35.5. The zero-order valence-electron chi connectivity index (χ0n) is 16.9. The molecule has 0 saturated heterocycles. The van der Waals surface area contributed by atoms with Gasteiger partial charge in [-0.3, -0.25) is 14.2 Å². The Morgan fingerprint density at radius 2 is 1.75 bits per heavy atom. The molecule has 1 saturated carbocycles. The summed E-state index contributed by atoms with van der Waals surface area (Å²) in [6.45, 7) is 0.170.